The van der Waals surface area contributed by atoms with E-state index in [1.807, 2.05) is 35.2 Å². The first-order chi connectivity index (χ1) is 14.4. The van der Waals surface area contributed by atoms with Gasteiger partial charge in [0.05, 0.1) is 17.5 Å². The highest BCUT2D eigenvalue weighted by Crippen LogP contribution is 2.41. The van der Waals surface area contributed by atoms with E-state index in [0.717, 1.165) is 24.5 Å². The summed E-state index contributed by atoms with van der Waals surface area (Å²) in [5.74, 6) is -0.110. The summed E-state index contributed by atoms with van der Waals surface area (Å²) in [5, 5.41) is 0.462. The van der Waals surface area contributed by atoms with Crippen LogP contribution in [0.25, 0.3) is 0 Å². The maximum Gasteiger partial charge on any atom is 0.279 e. The van der Waals surface area contributed by atoms with Gasteiger partial charge in [-0.2, -0.15) is 4.99 Å². The molecule has 0 radical (unpaired) electrons. The predicted molar refractivity (Wildman–Crippen MR) is 125 cm³/mol. The third-order valence-corrected chi connectivity index (χ3v) is 8.75. The number of benzene rings is 2. The summed E-state index contributed by atoms with van der Waals surface area (Å²) in [7, 11) is -3.09. The molecule has 0 saturated carbocycles. The molecule has 0 unspecified atom stereocenters. The van der Waals surface area contributed by atoms with Crippen LogP contribution < -0.4 is 9.80 Å². The number of thioether (sulfide) groups is 1. The van der Waals surface area contributed by atoms with Crippen molar-refractivity contribution in [2.75, 3.05) is 34.4 Å². The van der Waals surface area contributed by atoms with E-state index >= 15 is 0 Å². The van der Waals surface area contributed by atoms with Gasteiger partial charge in [0.25, 0.3) is 5.91 Å². The lowest BCUT2D eigenvalue weighted by Crippen LogP contribution is -2.37. The molecule has 158 valence electrons. The first-order valence-corrected chi connectivity index (χ1v) is 12.8. The van der Waals surface area contributed by atoms with Crippen LogP contribution in [-0.2, 0) is 9.84 Å². The van der Waals surface area contributed by atoms with Crippen molar-refractivity contribution in [3.63, 3.8) is 0 Å². The SMILES string of the molecule is CCN(CC)c1ccc(N2C(=NC(=O)c3ccccc3)S[C@@H]3CS(=O)(=O)C[C@H]32)cc1. The zero-order chi connectivity index (χ0) is 21.3. The molecule has 0 bridgehead atoms. The van der Waals surface area contributed by atoms with Crippen molar-refractivity contribution in [1.82, 2.24) is 0 Å². The van der Waals surface area contributed by atoms with Crippen LogP contribution >= 0.6 is 11.8 Å². The zero-order valence-corrected chi connectivity index (χ0v) is 18.7. The largest absolute Gasteiger partial charge is 0.372 e. The van der Waals surface area contributed by atoms with E-state index in [1.54, 1.807) is 24.3 Å². The second-order valence-corrected chi connectivity index (χ2v) is 10.8. The molecule has 6 nitrogen and oxygen atoms in total. The van der Waals surface area contributed by atoms with Gasteiger partial charge in [0.2, 0.25) is 0 Å². The van der Waals surface area contributed by atoms with Crippen molar-refractivity contribution in [3.05, 3.63) is 60.2 Å². The summed E-state index contributed by atoms with van der Waals surface area (Å²) >= 11 is 1.39. The number of carbonyl (C=O) groups excluding carboxylic acids is 1. The van der Waals surface area contributed by atoms with Gasteiger partial charge in [0, 0.05) is 35.3 Å². The number of hydrogen-bond donors (Lipinski definition) is 0. The third kappa shape index (κ3) is 4.11. The lowest BCUT2D eigenvalue weighted by molar-refractivity contribution is 0.100. The first-order valence-electron chi connectivity index (χ1n) is 10.1. The van der Waals surface area contributed by atoms with E-state index in [1.165, 1.54) is 11.8 Å². The zero-order valence-electron chi connectivity index (χ0n) is 17.1. The van der Waals surface area contributed by atoms with Crippen molar-refractivity contribution in [1.29, 1.82) is 0 Å². The van der Waals surface area contributed by atoms with Gasteiger partial charge in [-0.25, -0.2) is 8.42 Å². The van der Waals surface area contributed by atoms with Gasteiger partial charge < -0.3 is 9.80 Å². The Morgan fingerprint density at radius 3 is 2.37 bits per heavy atom. The molecule has 0 N–H and O–H groups in total. The van der Waals surface area contributed by atoms with Crippen molar-refractivity contribution in [2.24, 2.45) is 4.99 Å². The van der Waals surface area contributed by atoms with Crippen LogP contribution in [0, 0.1) is 0 Å². The highest BCUT2D eigenvalue weighted by Gasteiger charge is 2.49. The normalized spacial score (nSPS) is 23.5. The Labute approximate surface area is 181 Å². The number of nitrogens with zero attached hydrogens (tertiary/aromatic N) is 3. The summed E-state index contributed by atoms with van der Waals surface area (Å²) in [6.45, 7) is 6.05. The van der Waals surface area contributed by atoms with Crippen molar-refractivity contribution in [3.8, 4) is 0 Å². The molecule has 2 aromatic carbocycles. The topological polar surface area (TPSA) is 70.0 Å². The molecule has 4 rings (SSSR count). The van der Waals surface area contributed by atoms with Crippen LogP contribution in [0.5, 0.6) is 0 Å². The summed E-state index contributed by atoms with van der Waals surface area (Å²) in [6, 6.07) is 16.8. The molecule has 2 atom stereocenters. The monoisotopic (exact) mass is 443 g/mol. The average molecular weight is 444 g/mol. The fourth-order valence-corrected chi connectivity index (χ4v) is 7.92. The summed E-state index contributed by atoms with van der Waals surface area (Å²) in [5.41, 5.74) is 2.50. The molecule has 2 aliphatic rings. The smallest absolute Gasteiger partial charge is 0.279 e. The first kappa shape index (κ1) is 20.9. The third-order valence-electron chi connectivity index (χ3n) is 5.54. The van der Waals surface area contributed by atoms with E-state index in [9.17, 15) is 13.2 Å². The second-order valence-electron chi connectivity index (χ2n) is 7.42. The number of anilines is 2. The van der Waals surface area contributed by atoms with Crippen LogP contribution in [0.3, 0.4) is 0 Å². The van der Waals surface area contributed by atoms with E-state index in [4.69, 9.17) is 0 Å². The molecule has 30 heavy (non-hydrogen) atoms. The fraction of sp³-hybridized carbons (Fsp3) is 0.364. The molecule has 8 heteroatoms. The summed E-state index contributed by atoms with van der Waals surface area (Å²) in [6.07, 6.45) is 0. The van der Waals surface area contributed by atoms with Crippen molar-refractivity contribution < 1.29 is 13.2 Å². The van der Waals surface area contributed by atoms with Gasteiger partial charge in [-0.1, -0.05) is 30.0 Å². The number of fused-ring (bicyclic) bond motifs is 1. The Kier molecular flexibility index (Phi) is 5.88. The van der Waals surface area contributed by atoms with Crippen LogP contribution in [-0.4, -0.2) is 55.4 Å². The van der Waals surface area contributed by atoms with Crippen LogP contribution in [0.15, 0.2) is 59.6 Å². The molecular formula is C22H25N3O3S2. The Bertz CT molecular complexity index is 1050. The van der Waals surface area contributed by atoms with Crippen molar-refractivity contribution >= 4 is 44.0 Å². The molecule has 2 heterocycles. The van der Waals surface area contributed by atoms with Gasteiger partial charge in [-0.05, 0) is 50.2 Å². The molecule has 0 aliphatic carbocycles. The van der Waals surface area contributed by atoms with Gasteiger partial charge in [0.15, 0.2) is 15.0 Å². The van der Waals surface area contributed by atoms with Crippen LogP contribution in [0.1, 0.15) is 24.2 Å². The van der Waals surface area contributed by atoms with Crippen LogP contribution in [0.4, 0.5) is 11.4 Å². The lowest BCUT2D eigenvalue weighted by Gasteiger charge is -2.26. The molecule has 2 aliphatic heterocycles. The molecule has 2 fully saturated rings. The number of sulfone groups is 1. The Balaban J connectivity index is 1.69. The second kappa shape index (κ2) is 8.43. The quantitative estimate of drug-likeness (QED) is 0.705. The van der Waals surface area contributed by atoms with E-state index in [2.05, 4.69) is 23.7 Å². The highest BCUT2D eigenvalue weighted by atomic mass is 32.2. The maximum atomic E-state index is 12.7. The molecule has 1 amide bonds. The maximum absolute atomic E-state index is 12.7. The molecule has 0 aromatic heterocycles. The van der Waals surface area contributed by atoms with Gasteiger partial charge >= 0.3 is 0 Å². The summed E-state index contributed by atoms with van der Waals surface area (Å²) in [4.78, 5) is 21.3. The number of amidine groups is 1. The Morgan fingerprint density at radius 2 is 1.73 bits per heavy atom. The number of rotatable bonds is 5. The number of hydrogen-bond acceptors (Lipinski definition) is 5. The average Bonchev–Trinajstić information content (AvgIpc) is 3.21. The van der Waals surface area contributed by atoms with Crippen LogP contribution in [0.2, 0.25) is 0 Å². The number of aliphatic imine (C=N–C) groups is 1. The molecule has 2 saturated heterocycles. The number of carbonyl (C=O) groups is 1. The van der Waals surface area contributed by atoms with Gasteiger partial charge in [-0.3, -0.25) is 4.79 Å². The minimum atomic E-state index is -3.09. The minimum absolute atomic E-state index is 0.0843. The fourth-order valence-electron chi connectivity index (χ4n) is 4.01. The lowest BCUT2D eigenvalue weighted by atomic mass is 10.2. The van der Waals surface area contributed by atoms with E-state index in [0.29, 0.717) is 10.7 Å². The van der Waals surface area contributed by atoms with E-state index in [-0.39, 0.29) is 28.7 Å². The predicted octanol–water partition coefficient (Wildman–Crippen LogP) is 3.45. The number of amides is 1. The Morgan fingerprint density at radius 1 is 1.07 bits per heavy atom. The highest BCUT2D eigenvalue weighted by molar-refractivity contribution is 8.16. The van der Waals surface area contributed by atoms with Crippen molar-refractivity contribution in [2.45, 2.75) is 25.1 Å². The van der Waals surface area contributed by atoms with Gasteiger partial charge in [0.1, 0.15) is 0 Å². The molecule has 2 aromatic rings. The standard InChI is InChI=1S/C22H25N3O3S2/c1-3-24(4-2)17-10-12-18(13-11-17)25-19-14-30(27,28)15-20(19)29-22(25)23-21(26)16-8-6-5-7-9-16/h5-13,19-20H,3-4,14-15H2,1-2H3/t19-,20-/m1/s1. The Hall–Kier alpha value is -2.32. The van der Waals surface area contributed by atoms with E-state index < -0.39 is 9.84 Å². The molecule has 0 spiro atoms. The minimum Gasteiger partial charge on any atom is -0.372 e. The molecular weight excluding hydrogens is 418 g/mol. The van der Waals surface area contributed by atoms with Gasteiger partial charge in [-0.15, -0.1) is 0 Å². The summed E-state index contributed by atoms with van der Waals surface area (Å²) < 4.78 is 24.5.